The molecule has 2 aromatic carbocycles. The first kappa shape index (κ1) is 18.6. The first-order valence-corrected chi connectivity index (χ1v) is 10.9. The van der Waals surface area contributed by atoms with Crippen molar-refractivity contribution < 1.29 is 4.57 Å². The molecule has 0 unspecified atom stereocenters. The summed E-state index contributed by atoms with van der Waals surface area (Å²) in [6.45, 7) is 14.1. The number of hydrogen-bond acceptors (Lipinski definition) is 0. The molecule has 2 aliphatic rings. The van der Waals surface area contributed by atoms with E-state index in [1.165, 1.54) is 62.2 Å². The summed E-state index contributed by atoms with van der Waals surface area (Å²) < 4.78 is 2.38. The van der Waals surface area contributed by atoms with Gasteiger partial charge in [0.05, 0.1) is 5.56 Å². The summed E-state index contributed by atoms with van der Waals surface area (Å²) in [5, 5.41) is 0. The van der Waals surface area contributed by atoms with Gasteiger partial charge in [0.15, 0.2) is 6.20 Å². The Morgan fingerprint density at radius 1 is 0.793 bits per heavy atom. The van der Waals surface area contributed by atoms with Crippen LogP contribution in [0.25, 0.3) is 22.4 Å². The van der Waals surface area contributed by atoms with Gasteiger partial charge >= 0.3 is 0 Å². The Hall–Kier alpha value is -2.41. The smallest absolute Gasteiger partial charge is 0.201 e. The molecule has 0 spiro atoms. The molecule has 0 aliphatic heterocycles. The molecule has 0 radical (unpaired) electrons. The van der Waals surface area contributed by atoms with Crippen LogP contribution in [0.3, 0.4) is 0 Å². The van der Waals surface area contributed by atoms with Crippen molar-refractivity contribution in [3.63, 3.8) is 0 Å². The predicted octanol–water partition coefficient (Wildman–Crippen LogP) is 6.33. The second-order valence-electron chi connectivity index (χ2n) is 10.6. The van der Waals surface area contributed by atoms with Gasteiger partial charge in [-0.05, 0) is 76.5 Å². The zero-order valence-corrected chi connectivity index (χ0v) is 18.9. The van der Waals surface area contributed by atoms with E-state index < -0.39 is 0 Å². The molecule has 0 N–H and O–H groups in total. The van der Waals surface area contributed by atoms with Crippen molar-refractivity contribution in [1.29, 1.82) is 0 Å². The van der Waals surface area contributed by atoms with Gasteiger partial charge in [0.1, 0.15) is 7.05 Å². The monoisotopic (exact) mass is 382 g/mol. The normalized spacial score (nSPS) is 17.8. The van der Waals surface area contributed by atoms with Crippen LogP contribution in [0.5, 0.6) is 0 Å². The van der Waals surface area contributed by atoms with Crippen LogP contribution >= 0.6 is 0 Å². The van der Waals surface area contributed by atoms with E-state index in [0.29, 0.717) is 0 Å². The molecule has 1 nitrogen and oxygen atoms in total. The van der Waals surface area contributed by atoms with E-state index >= 15 is 0 Å². The quantitative estimate of drug-likeness (QED) is 0.339. The highest BCUT2D eigenvalue weighted by molar-refractivity contribution is 5.85. The topological polar surface area (TPSA) is 3.88 Å². The van der Waals surface area contributed by atoms with Crippen molar-refractivity contribution in [1.82, 2.24) is 0 Å². The number of aromatic nitrogens is 1. The van der Waals surface area contributed by atoms with Crippen molar-refractivity contribution in [3.8, 4) is 22.4 Å². The second-order valence-corrected chi connectivity index (χ2v) is 10.6. The Bertz CT molecular complexity index is 1180. The molecule has 0 atom stereocenters. The van der Waals surface area contributed by atoms with Gasteiger partial charge in [0.2, 0.25) is 5.69 Å². The summed E-state index contributed by atoms with van der Waals surface area (Å²) >= 11 is 0. The molecular weight excluding hydrogens is 350 g/mol. The molecule has 1 aromatic heterocycles. The largest absolute Gasteiger partial charge is 0.213 e. The molecule has 0 saturated heterocycles. The number of fused-ring (bicyclic) bond motifs is 4. The summed E-state index contributed by atoms with van der Waals surface area (Å²) in [4.78, 5) is 0. The summed E-state index contributed by atoms with van der Waals surface area (Å²) in [6.07, 6.45) is 4.65. The second kappa shape index (κ2) is 5.81. The van der Waals surface area contributed by atoms with Crippen LogP contribution in [0.1, 0.15) is 67.5 Å². The predicted molar refractivity (Wildman–Crippen MR) is 121 cm³/mol. The molecule has 1 heteroatoms. The van der Waals surface area contributed by atoms with Crippen LogP contribution in [0.2, 0.25) is 0 Å². The standard InChI is InChI=1S/C28H32N/c1-17-9-8-10-19-20-12-11-18(2)26(22(20)13-21(17)19)25-14-23-24(15-29(25)7)28(5,6)16-27(23,3)4/h8-12,14-15H,13,16H2,1-7H3/q+1. The Balaban J connectivity index is 1.77. The summed E-state index contributed by atoms with van der Waals surface area (Å²) in [5.41, 5.74) is 14.9. The van der Waals surface area contributed by atoms with Gasteiger partial charge in [-0.3, -0.25) is 0 Å². The summed E-state index contributed by atoms with van der Waals surface area (Å²) in [7, 11) is 2.23. The summed E-state index contributed by atoms with van der Waals surface area (Å²) in [6, 6.07) is 13.9. The molecule has 2 aliphatic carbocycles. The third-order valence-corrected chi connectivity index (χ3v) is 7.45. The lowest BCUT2D eigenvalue weighted by molar-refractivity contribution is -0.661. The van der Waals surface area contributed by atoms with E-state index in [1.54, 1.807) is 0 Å². The maximum Gasteiger partial charge on any atom is 0.213 e. The maximum absolute atomic E-state index is 2.50. The number of rotatable bonds is 1. The highest BCUT2D eigenvalue weighted by Gasteiger charge is 2.44. The average Bonchev–Trinajstić information content (AvgIpc) is 3.08. The van der Waals surface area contributed by atoms with E-state index in [9.17, 15) is 0 Å². The lowest BCUT2D eigenvalue weighted by Gasteiger charge is -2.22. The molecule has 148 valence electrons. The highest BCUT2D eigenvalue weighted by atomic mass is 14.9. The Morgan fingerprint density at radius 3 is 2.24 bits per heavy atom. The van der Waals surface area contributed by atoms with Crippen molar-refractivity contribution in [2.45, 2.75) is 65.2 Å². The molecular formula is C28H32N+. The first-order valence-electron chi connectivity index (χ1n) is 10.9. The van der Waals surface area contributed by atoms with Gasteiger partial charge in [-0.1, -0.05) is 58.0 Å². The third kappa shape index (κ3) is 2.56. The Labute approximate surface area is 175 Å². The molecule has 29 heavy (non-hydrogen) atoms. The number of hydrogen-bond donors (Lipinski definition) is 0. The van der Waals surface area contributed by atoms with Crippen LogP contribution < -0.4 is 4.57 Å². The molecule has 0 amide bonds. The molecule has 0 bridgehead atoms. The van der Waals surface area contributed by atoms with Crippen LogP contribution in [0, 0.1) is 13.8 Å². The number of nitrogens with zero attached hydrogens (tertiary/aromatic N) is 1. The van der Waals surface area contributed by atoms with Crippen LogP contribution in [0.15, 0.2) is 42.6 Å². The van der Waals surface area contributed by atoms with E-state index in [0.717, 1.165) is 6.42 Å². The van der Waals surface area contributed by atoms with Gasteiger partial charge in [-0.25, -0.2) is 4.57 Å². The highest BCUT2D eigenvalue weighted by Crippen LogP contribution is 2.50. The van der Waals surface area contributed by atoms with Crippen molar-refractivity contribution >= 4 is 0 Å². The SMILES string of the molecule is Cc1cccc2c1Cc1c-2ccc(C)c1-c1cc2c(c[n+]1C)C(C)(C)CC2(C)C. The minimum Gasteiger partial charge on any atom is -0.201 e. The van der Waals surface area contributed by atoms with Crippen molar-refractivity contribution in [3.05, 3.63) is 76.0 Å². The van der Waals surface area contributed by atoms with Gasteiger partial charge in [0.25, 0.3) is 0 Å². The minimum absolute atomic E-state index is 0.216. The molecule has 1 heterocycles. The zero-order chi connectivity index (χ0) is 20.7. The fourth-order valence-corrected chi connectivity index (χ4v) is 6.22. The molecule has 3 aromatic rings. The number of aryl methyl sites for hydroxylation is 3. The van der Waals surface area contributed by atoms with Gasteiger partial charge in [-0.2, -0.15) is 0 Å². The maximum atomic E-state index is 2.50. The lowest BCUT2D eigenvalue weighted by atomic mass is 9.82. The average molecular weight is 383 g/mol. The van der Waals surface area contributed by atoms with Gasteiger partial charge in [0, 0.05) is 11.6 Å². The summed E-state index contributed by atoms with van der Waals surface area (Å²) in [5.74, 6) is 0. The fraction of sp³-hybridized carbons (Fsp3) is 0.393. The molecule has 0 fully saturated rings. The number of benzene rings is 2. The van der Waals surface area contributed by atoms with Gasteiger partial charge < -0.3 is 0 Å². The van der Waals surface area contributed by atoms with Crippen molar-refractivity contribution in [2.75, 3.05) is 0 Å². The van der Waals surface area contributed by atoms with E-state index in [4.69, 9.17) is 0 Å². The van der Waals surface area contributed by atoms with E-state index in [1.807, 2.05) is 0 Å². The molecule has 0 saturated carbocycles. The van der Waals surface area contributed by atoms with Crippen LogP contribution in [-0.4, -0.2) is 0 Å². The Kier molecular flexibility index (Phi) is 3.73. The van der Waals surface area contributed by atoms with Gasteiger partial charge in [-0.15, -0.1) is 0 Å². The lowest BCUT2D eigenvalue weighted by Crippen LogP contribution is -2.33. The first-order chi connectivity index (χ1) is 13.6. The van der Waals surface area contributed by atoms with Crippen LogP contribution in [0.4, 0.5) is 0 Å². The molecule has 5 rings (SSSR count). The minimum atomic E-state index is 0.216. The van der Waals surface area contributed by atoms with E-state index in [-0.39, 0.29) is 10.8 Å². The fourth-order valence-electron chi connectivity index (χ4n) is 6.22. The van der Waals surface area contributed by atoms with E-state index in [2.05, 4.69) is 95.8 Å². The van der Waals surface area contributed by atoms with Crippen LogP contribution in [-0.2, 0) is 24.3 Å². The Morgan fingerprint density at radius 2 is 1.48 bits per heavy atom. The number of pyridine rings is 1. The zero-order valence-electron chi connectivity index (χ0n) is 18.9. The third-order valence-electron chi connectivity index (χ3n) is 7.45. The van der Waals surface area contributed by atoms with Crippen molar-refractivity contribution in [2.24, 2.45) is 7.05 Å².